The molecule has 190 valence electrons. The van der Waals surface area contributed by atoms with Crippen molar-refractivity contribution < 1.29 is 23.4 Å². The van der Waals surface area contributed by atoms with E-state index in [1.807, 2.05) is 38.3 Å². The Bertz CT molecular complexity index is 1250. The predicted molar refractivity (Wildman–Crippen MR) is 138 cm³/mol. The van der Waals surface area contributed by atoms with Crippen LogP contribution in [0.25, 0.3) is 16.3 Å². The second kappa shape index (κ2) is 12.4. The van der Waals surface area contributed by atoms with Crippen LogP contribution in [0.2, 0.25) is 0 Å². The molecule has 3 aromatic rings. The largest absolute Gasteiger partial charge is 0.508 e. The Morgan fingerprint density at radius 3 is 2.64 bits per heavy atom. The van der Waals surface area contributed by atoms with Crippen LogP contribution >= 0.6 is 11.3 Å². The van der Waals surface area contributed by atoms with Crippen LogP contribution < -0.4 is 0 Å². The third-order valence-corrected chi connectivity index (χ3v) is 6.21. The molecule has 0 aliphatic carbocycles. The fraction of sp³-hybridized carbons (Fsp3) is 0.259. The van der Waals surface area contributed by atoms with Gasteiger partial charge in [-0.3, -0.25) is 4.79 Å². The van der Waals surface area contributed by atoms with Gasteiger partial charge < -0.3 is 14.7 Å². The van der Waals surface area contributed by atoms with E-state index >= 15 is 0 Å². The summed E-state index contributed by atoms with van der Waals surface area (Å²) in [6.45, 7) is 9.71. The number of aliphatic hydroxyl groups excluding tert-OH is 1. The van der Waals surface area contributed by atoms with Crippen LogP contribution in [0.3, 0.4) is 0 Å². The van der Waals surface area contributed by atoms with Crippen LogP contribution in [0.1, 0.15) is 39.0 Å². The van der Waals surface area contributed by atoms with Crippen LogP contribution in [-0.4, -0.2) is 38.8 Å². The van der Waals surface area contributed by atoms with Gasteiger partial charge in [0.2, 0.25) is 0 Å². The Morgan fingerprint density at radius 2 is 2.00 bits per heavy atom. The molecule has 1 unspecified atom stereocenters. The van der Waals surface area contributed by atoms with E-state index in [4.69, 9.17) is 4.74 Å². The van der Waals surface area contributed by atoms with Crippen LogP contribution in [0.5, 0.6) is 0 Å². The molecule has 1 aliphatic rings. The van der Waals surface area contributed by atoms with E-state index in [1.165, 1.54) is 34.2 Å². The van der Waals surface area contributed by atoms with Gasteiger partial charge in [0, 0.05) is 24.4 Å². The Labute approximate surface area is 213 Å². The smallest absolute Gasteiger partial charge is 0.250 e. The molecule has 0 radical (unpaired) electrons. The summed E-state index contributed by atoms with van der Waals surface area (Å²) in [6.07, 6.45) is 6.16. The number of aliphatic hydroxyl groups is 1. The van der Waals surface area contributed by atoms with E-state index in [-0.39, 0.29) is 24.0 Å². The van der Waals surface area contributed by atoms with Gasteiger partial charge in [-0.05, 0) is 49.1 Å². The van der Waals surface area contributed by atoms with Gasteiger partial charge in [0.1, 0.15) is 29.7 Å². The minimum atomic E-state index is -0.711. The SMILES string of the molecule is C=C/C(O)=C\C=C(/C)CCN1C(=O)COC1c1cn(-c2cc(F)cc(F)c2)nc1-c1cccs1.CC. The lowest BCUT2D eigenvalue weighted by molar-refractivity contribution is -0.128. The van der Waals surface area contributed by atoms with Crippen molar-refractivity contribution in [1.82, 2.24) is 14.7 Å². The molecule has 1 saturated heterocycles. The van der Waals surface area contributed by atoms with Gasteiger partial charge in [0.15, 0.2) is 6.23 Å². The van der Waals surface area contributed by atoms with Gasteiger partial charge in [-0.1, -0.05) is 38.1 Å². The zero-order valence-electron chi connectivity index (χ0n) is 20.4. The number of halogens is 2. The molecule has 1 amide bonds. The molecule has 4 rings (SSSR count). The molecule has 0 saturated carbocycles. The highest BCUT2D eigenvalue weighted by Gasteiger charge is 2.36. The van der Waals surface area contributed by atoms with Gasteiger partial charge in [0.05, 0.1) is 10.6 Å². The van der Waals surface area contributed by atoms with Crippen molar-refractivity contribution in [2.75, 3.05) is 13.2 Å². The molecule has 3 heterocycles. The predicted octanol–water partition coefficient (Wildman–Crippen LogP) is 6.73. The summed E-state index contributed by atoms with van der Waals surface area (Å²) in [5.41, 5.74) is 2.39. The normalized spacial score (nSPS) is 16.2. The fourth-order valence-corrected chi connectivity index (χ4v) is 4.34. The molecule has 0 spiro atoms. The third kappa shape index (κ3) is 6.35. The zero-order valence-corrected chi connectivity index (χ0v) is 21.3. The van der Waals surface area contributed by atoms with Gasteiger partial charge in [-0.25, -0.2) is 13.5 Å². The van der Waals surface area contributed by atoms with Crippen LogP contribution in [0, 0.1) is 11.6 Å². The van der Waals surface area contributed by atoms with Gasteiger partial charge in [-0.2, -0.15) is 5.10 Å². The second-order valence-electron chi connectivity index (χ2n) is 7.79. The Kier molecular flexibility index (Phi) is 9.32. The van der Waals surface area contributed by atoms with Crippen molar-refractivity contribution in [1.29, 1.82) is 0 Å². The highest BCUT2D eigenvalue weighted by molar-refractivity contribution is 7.13. The number of benzene rings is 1. The van der Waals surface area contributed by atoms with Crippen LogP contribution in [0.4, 0.5) is 8.78 Å². The molecule has 1 aliphatic heterocycles. The van der Waals surface area contributed by atoms with Crippen LogP contribution in [-0.2, 0) is 9.53 Å². The number of amides is 1. The average Bonchev–Trinajstić information content (AvgIpc) is 3.61. The minimum Gasteiger partial charge on any atom is -0.508 e. The molecule has 0 bridgehead atoms. The van der Waals surface area contributed by atoms with E-state index in [2.05, 4.69) is 11.7 Å². The molecular formula is C27H29F2N3O3S. The van der Waals surface area contributed by atoms with E-state index in [0.29, 0.717) is 24.2 Å². The summed E-state index contributed by atoms with van der Waals surface area (Å²) in [4.78, 5) is 15.1. The van der Waals surface area contributed by atoms with E-state index in [9.17, 15) is 18.7 Å². The zero-order chi connectivity index (χ0) is 26.2. The number of ether oxygens (including phenoxy) is 1. The number of hydrogen-bond donors (Lipinski definition) is 1. The standard InChI is InChI=1S/C25H23F2N3O3S.C2H6/c1-3-20(31)7-6-16(2)8-9-29-23(32)15-33-25(29)21-14-30(19-12-17(26)11-18(27)13-19)28-24(21)22-5-4-10-34-22;1-2/h3-7,10-14,25,31H,1,8-9,15H2,2H3;1-2H3/b16-6+,20-7+;. The number of nitrogens with zero attached hydrogens (tertiary/aromatic N) is 3. The second-order valence-corrected chi connectivity index (χ2v) is 8.74. The molecular weight excluding hydrogens is 484 g/mol. The maximum absolute atomic E-state index is 13.8. The first-order valence-corrected chi connectivity index (χ1v) is 12.4. The molecule has 6 nitrogen and oxygen atoms in total. The summed E-state index contributed by atoms with van der Waals surface area (Å²) < 4.78 is 34.9. The molecule has 9 heteroatoms. The van der Waals surface area contributed by atoms with Crippen molar-refractivity contribution in [3.63, 3.8) is 0 Å². The molecule has 36 heavy (non-hydrogen) atoms. The number of carbonyl (C=O) groups excluding carboxylic acids is 1. The number of hydrogen-bond acceptors (Lipinski definition) is 5. The lowest BCUT2D eigenvalue weighted by Gasteiger charge is -2.23. The van der Waals surface area contributed by atoms with Crippen LogP contribution in [0.15, 0.2) is 78.0 Å². The summed E-state index contributed by atoms with van der Waals surface area (Å²) in [6, 6.07) is 6.95. The highest BCUT2D eigenvalue weighted by atomic mass is 32.1. The molecule has 1 aromatic carbocycles. The summed E-state index contributed by atoms with van der Waals surface area (Å²) in [5, 5.41) is 16.0. The Balaban J connectivity index is 0.00000176. The quantitative estimate of drug-likeness (QED) is 0.268. The maximum Gasteiger partial charge on any atom is 0.250 e. The minimum absolute atomic E-state index is 0.0552. The molecule has 2 aromatic heterocycles. The number of carbonyl (C=O) groups is 1. The number of aromatic nitrogens is 2. The lowest BCUT2D eigenvalue weighted by atomic mass is 10.1. The first kappa shape index (κ1) is 27.0. The topological polar surface area (TPSA) is 67.6 Å². The summed E-state index contributed by atoms with van der Waals surface area (Å²) >= 11 is 1.47. The summed E-state index contributed by atoms with van der Waals surface area (Å²) in [5.74, 6) is -1.53. The highest BCUT2D eigenvalue weighted by Crippen LogP contribution is 2.37. The third-order valence-electron chi connectivity index (χ3n) is 5.34. The number of allylic oxidation sites excluding steroid dienone is 3. The lowest BCUT2D eigenvalue weighted by Crippen LogP contribution is -2.29. The molecule has 1 fully saturated rings. The van der Waals surface area contributed by atoms with Crippen molar-refractivity contribution >= 4 is 17.2 Å². The molecule has 1 N–H and O–H groups in total. The Morgan fingerprint density at radius 1 is 1.28 bits per heavy atom. The monoisotopic (exact) mass is 513 g/mol. The number of thiophene rings is 1. The van der Waals surface area contributed by atoms with Crippen molar-refractivity contribution in [3.05, 3.63) is 95.2 Å². The average molecular weight is 514 g/mol. The first-order chi connectivity index (χ1) is 17.4. The molecule has 1 atom stereocenters. The fourth-order valence-electron chi connectivity index (χ4n) is 3.61. The van der Waals surface area contributed by atoms with E-state index < -0.39 is 17.9 Å². The Hall–Kier alpha value is -3.56. The van der Waals surface area contributed by atoms with E-state index in [1.54, 1.807) is 23.2 Å². The van der Waals surface area contributed by atoms with Crippen molar-refractivity contribution in [3.8, 4) is 16.3 Å². The van der Waals surface area contributed by atoms with Crippen molar-refractivity contribution in [2.24, 2.45) is 0 Å². The van der Waals surface area contributed by atoms with Crippen molar-refractivity contribution in [2.45, 2.75) is 33.4 Å². The van der Waals surface area contributed by atoms with E-state index in [0.717, 1.165) is 16.5 Å². The first-order valence-electron chi connectivity index (χ1n) is 11.6. The van der Waals surface area contributed by atoms with Gasteiger partial charge >= 0.3 is 0 Å². The number of rotatable bonds is 8. The summed E-state index contributed by atoms with van der Waals surface area (Å²) in [7, 11) is 0. The maximum atomic E-state index is 13.8. The van der Waals surface area contributed by atoms with Gasteiger partial charge in [0.25, 0.3) is 5.91 Å². The van der Waals surface area contributed by atoms with Gasteiger partial charge in [-0.15, -0.1) is 11.3 Å².